The molecule has 200 valence electrons. The van der Waals surface area contributed by atoms with Gasteiger partial charge in [0, 0.05) is 22.0 Å². The van der Waals surface area contributed by atoms with Crippen LogP contribution in [0.1, 0.15) is 36.6 Å². The summed E-state index contributed by atoms with van der Waals surface area (Å²) in [5, 5.41) is 11.3. The van der Waals surface area contributed by atoms with Crippen LogP contribution in [0.15, 0.2) is 82.7 Å². The van der Waals surface area contributed by atoms with Crippen molar-refractivity contribution in [2.75, 3.05) is 17.2 Å². The van der Waals surface area contributed by atoms with Crippen LogP contribution in [0.5, 0.6) is 11.5 Å². The SMILES string of the molecule is CCOc1cc(C2C(C(=O)Nc3cccc(C)c3)=C(C)Nc3ncnn32)cc(Br)c1OCc1ccccc1Cl. The molecule has 3 aromatic carbocycles. The number of carbonyl (C=O) groups excluding carboxylic acids is 1. The maximum atomic E-state index is 13.7. The van der Waals surface area contributed by atoms with Crippen LogP contribution in [0, 0.1) is 6.92 Å². The molecule has 0 spiro atoms. The Hall–Kier alpha value is -3.82. The van der Waals surface area contributed by atoms with Crippen molar-refractivity contribution in [2.24, 2.45) is 0 Å². The molecular formula is C29H27BrClN5O3. The van der Waals surface area contributed by atoms with Gasteiger partial charge in [0.15, 0.2) is 11.5 Å². The van der Waals surface area contributed by atoms with Crippen molar-refractivity contribution in [3.63, 3.8) is 0 Å². The van der Waals surface area contributed by atoms with Crippen LogP contribution in [0.4, 0.5) is 11.6 Å². The standard InChI is InChI=1S/C29H27BrClN5O3/c1-4-38-24-14-20(13-22(30)27(24)39-15-19-9-5-6-11-23(19)31)26-25(18(3)34-29-32-16-33-36(26)29)28(37)35-21-10-7-8-17(2)12-21/h5-14,16,26H,4,15H2,1-3H3,(H,35,37)(H,32,33,34). The number of benzene rings is 3. The van der Waals surface area contributed by atoms with Crippen molar-refractivity contribution < 1.29 is 14.3 Å². The molecule has 1 unspecified atom stereocenters. The number of rotatable bonds is 8. The van der Waals surface area contributed by atoms with Crippen LogP contribution in [0.2, 0.25) is 5.02 Å². The summed E-state index contributed by atoms with van der Waals surface area (Å²) < 4.78 is 14.5. The lowest BCUT2D eigenvalue weighted by molar-refractivity contribution is -0.113. The fourth-order valence-electron chi connectivity index (χ4n) is 4.53. The van der Waals surface area contributed by atoms with Gasteiger partial charge >= 0.3 is 0 Å². The van der Waals surface area contributed by atoms with Crippen molar-refractivity contribution in [3.05, 3.63) is 104 Å². The smallest absolute Gasteiger partial charge is 0.255 e. The Morgan fingerprint density at radius 3 is 2.72 bits per heavy atom. The fraction of sp³-hybridized carbons (Fsp3) is 0.207. The molecule has 2 heterocycles. The first-order valence-corrected chi connectivity index (χ1v) is 13.6. The zero-order valence-electron chi connectivity index (χ0n) is 21.7. The quantitative estimate of drug-likeness (QED) is 0.226. The number of halogens is 2. The second-order valence-corrected chi connectivity index (χ2v) is 10.3. The molecule has 0 saturated heterocycles. The number of allylic oxidation sites excluding steroid dienone is 1. The Morgan fingerprint density at radius 1 is 1.13 bits per heavy atom. The van der Waals surface area contributed by atoms with Gasteiger partial charge in [-0.3, -0.25) is 4.79 Å². The average molecular weight is 609 g/mol. The number of amides is 1. The van der Waals surface area contributed by atoms with Crippen LogP contribution in [0.25, 0.3) is 0 Å². The molecule has 0 aliphatic carbocycles. The minimum absolute atomic E-state index is 0.245. The summed E-state index contributed by atoms with van der Waals surface area (Å²) >= 11 is 10.0. The monoisotopic (exact) mass is 607 g/mol. The van der Waals surface area contributed by atoms with Gasteiger partial charge in [0.1, 0.15) is 19.0 Å². The van der Waals surface area contributed by atoms with Gasteiger partial charge in [-0.1, -0.05) is 41.9 Å². The van der Waals surface area contributed by atoms with Gasteiger partial charge in [0.05, 0.1) is 16.7 Å². The van der Waals surface area contributed by atoms with E-state index in [4.69, 9.17) is 21.1 Å². The number of fused-ring (bicyclic) bond motifs is 1. The van der Waals surface area contributed by atoms with Gasteiger partial charge in [-0.25, -0.2) is 4.68 Å². The molecule has 1 aliphatic rings. The van der Waals surface area contributed by atoms with Crippen molar-refractivity contribution in [1.29, 1.82) is 0 Å². The largest absolute Gasteiger partial charge is 0.490 e. The van der Waals surface area contributed by atoms with Crippen LogP contribution in [-0.4, -0.2) is 27.3 Å². The summed E-state index contributed by atoms with van der Waals surface area (Å²) in [5.41, 5.74) is 4.58. The van der Waals surface area contributed by atoms with E-state index in [-0.39, 0.29) is 12.5 Å². The van der Waals surface area contributed by atoms with Gasteiger partial charge < -0.3 is 20.1 Å². The third-order valence-corrected chi connectivity index (χ3v) is 7.25. The molecule has 10 heteroatoms. The molecule has 0 fully saturated rings. The highest BCUT2D eigenvalue weighted by atomic mass is 79.9. The van der Waals surface area contributed by atoms with Crippen molar-refractivity contribution in [1.82, 2.24) is 14.8 Å². The third-order valence-electron chi connectivity index (χ3n) is 6.29. The molecule has 2 N–H and O–H groups in total. The normalized spacial score (nSPS) is 14.4. The second kappa shape index (κ2) is 11.5. The average Bonchev–Trinajstić information content (AvgIpc) is 3.36. The Labute approximate surface area is 240 Å². The number of hydrogen-bond donors (Lipinski definition) is 2. The highest BCUT2D eigenvalue weighted by molar-refractivity contribution is 9.10. The Balaban J connectivity index is 1.54. The predicted molar refractivity (Wildman–Crippen MR) is 155 cm³/mol. The van der Waals surface area contributed by atoms with Crippen molar-refractivity contribution >= 4 is 45.1 Å². The molecule has 1 atom stereocenters. The Bertz CT molecular complexity index is 1570. The molecule has 0 bridgehead atoms. The lowest BCUT2D eigenvalue weighted by Crippen LogP contribution is -2.31. The highest BCUT2D eigenvalue weighted by Crippen LogP contribution is 2.43. The van der Waals surface area contributed by atoms with Gasteiger partial charge in [0.25, 0.3) is 5.91 Å². The van der Waals surface area contributed by atoms with Crippen LogP contribution < -0.4 is 20.1 Å². The lowest BCUT2D eigenvalue weighted by Gasteiger charge is -2.29. The summed E-state index contributed by atoms with van der Waals surface area (Å²) in [6, 6.07) is 18.4. The maximum Gasteiger partial charge on any atom is 0.255 e. The number of nitrogens with one attached hydrogen (secondary N) is 2. The van der Waals surface area contributed by atoms with Crippen molar-refractivity contribution in [2.45, 2.75) is 33.4 Å². The first kappa shape index (κ1) is 26.8. The molecule has 39 heavy (non-hydrogen) atoms. The molecule has 4 aromatic rings. The summed E-state index contributed by atoms with van der Waals surface area (Å²) in [5.74, 6) is 1.37. The number of carbonyl (C=O) groups is 1. The van der Waals surface area contributed by atoms with Crippen LogP contribution >= 0.6 is 27.5 Å². The zero-order valence-corrected chi connectivity index (χ0v) is 24.0. The van der Waals surface area contributed by atoms with E-state index < -0.39 is 6.04 Å². The minimum Gasteiger partial charge on any atom is -0.490 e. The zero-order chi connectivity index (χ0) is 27.5. The molecule has 0 saturated carbocycles. The molecule has 1 aromatic heterocycles. The molecule has 8 nitrogen and oxygen atoms in total. The summed E-state index contributed by atoms with van der Waals surface area (Å²) in [7, 11) is 0. The van der Waals surface area contributed by atoms with E-state index in [1.807, 2.05) is 81.4 Å². The molecule has 1 aliphatic heterocycles. The number of nitrogens with zero attached hydrogens (tertiary/aromatic N) is 3. The third kappa shape index (κ3) is 5.65. The summed E-state index contributed by atoms with van der Waals surface area (Å²) in [6.07, 6.45) is 1.46. The highest BCUT2D eigenvalue weighted by Gasteiger charge is 2.34. The fourth-order valence-corrected chi connectivity index (χ4v) is 5.29. The van der Waals surface area contributed by atoms with E-state index in [2.05, 4.69) is 36.6 Å². The minimum atomic E-state index is -0.568. The summed E-state index contributed by atoms with van der Waals surface area (Å²) in [6.45, 7) is 6.43. The van der Waals surface area contributed by atoms with Gasteiger partial charge in [0.2, 0.25) is 5.95 Å². The second-order valence-electron chi connectivity index (χ2n) is 9.06. The first-order valence-electron chi connectivity index (χ1n) is 12.4. The van der Waals surface area contributed by atoms with E-state index in [1.54, 1.807) is 4.68 Å². The number of hydrogen-bond acceptors (Lipinski definition) is 6. The van der Waals surface area contributed by atoms with Crippen LogP contribution in [0.3, 0.4) is 0 Å². The number of anilines is 2. The Morgan fingerprint density at radius 2 is 1.95 bits per heavy atom. The molecule has 0 radical (unpaired) electrons. The van der Waals surface area contributed by atoms with Gasteiger partial charge in [-0.15, -0.1) is 0 Å². The topological polar surface area (TPSA) is 90.3 Å². The van der Waals surface area contributed by atoms with E-state index in [0.29, 0.717) is 50.5 Å². The number of aryl methyl sites for hydroxylation is 1. The molecule has 1 amide bonds. The Kier molecular flexibility index (Phi) is 7.90. The van der Waals surface area contributed by atoms with E-state index in [1.165, 1.54) is 6.33 Å². The number of ether oxygens (including phenoxy) is 2. The van der Waals surface area contributed by atoms with Crippen molar-refractivity contribution in [3.8, 4) is 11.5 Å². The van der Waals surface area contributed by atoms with E-state index in [0.717, 1.165) is 16.7 Å². The summed E-state index contributed by atoms with van der Waals surface area (Å²) in [4.78, 5) is 18.0. The molecule has 5 rings (SSSR count). The van der Waals surface area contributed by atoms with E-state index >= 15 is 0 Å². The van der Waals surface area contributed by atoms with Crippen LogP contribution in [-0.2, 0) is 11.4 Å². The lowest BCUT2D eigenvalue weighted by atomic mass is 9.94. The molecular weight excluding hydrogens is 582 g/mol. The predicted octanol–water partition coefficient (Wildman–Crippen LogP) is 6.91. The van der Waals surface area contributed by atoms with Gasteiger partial charge in [-0.2, -0.15) is 10.1 Å². The van der Waals surface area contributed by atoms with E-state index in [9.17, 15) is 4.79 Å². The number of aromatic nitrogens is 3. The maximum absolute atomic E-state index is 13.7. The first-order chi connectivity index (χ1) is 18.9. The van der Waals surface area contributed by atoms with Gasteiger partial charge in [-0.05, 0) is 78.2 Å².